The van der Waals surface area contributed by atoms with Crippen LogP contribution in [-0.2, 0) is 26.1 Å². The average Bonchev–Trinajstić information content (AvgIpc) is 2.83. The molecular weight excluding hydrogens is 319 g/mol. The lowest BCUT2D eigenvalue weighted by atomic mass is 10.2. The summed E-state index contributed by atoms with van der Waals surface area (Å²) in [6, 6.07) is 6.63. The summed E-state index contributed by atoms with van der Waals surface area (Å²) in [5.41, 5.74) is 0.904. The summed E-state index contributed by atoms with van der Waals surface area (Å²) >= 11 is 0. The fraction of sp³-hybridized carbons (Fsp3) is 0.500. The number of guanidine groups is 1. The lowest BCUT2D eigenvalue weighted by Crippen LogP contribution is -2.38. The Morgan fingerprint density at radius 3 is 3.00 bits per heavy atom. The lowest BCUT2D eigenvalue weighted by molar-refractivity contribution is 0.471. The first kappa shape index (κ1) is 17.4. The van der Waals surface area contributed by atoms with Crippen LogP contribution in [0, 0.1) is 5.82 Å². The number of hydrogen-bond donors (Lipinski definition) is 1. The molecule has 0 radical (unpaired) electrons. The molecular formula is C18H25FN6. The molecule has 0 bridgehead atoms. The Kier molecular flexibility index (Phi) is 5.63. The normalized spacial score (nSPS) is 14.8. The minimum Gasteiger partial charge on any atom is -0.349 e. The molecule has 3 rings (SSSR count). The lowest BCUT2D eigenvalue weighted by Gasteiger charge is -2.22. The Bertz CT molecular complexity index is 739. The van der Waals surface area contributed by atoms with Crippen molar-refractivity contribution in [2.24, 2.45) is 4.99 Å². The van der Waals surface area contributed by atoms with E-state index in [2.05, 4.69) is 25.1 Å². The smallest absolute Gasteiger partial charge is 0.194 e. The van der Waals surface area contributed by atoms with E-state index in [-0.39, 0.29) is 5.82 Å². The van der Waals surface area contributed by atoms with E-state index in [4.69, 9.17) is 0 Å². The Balaban J connectivity index is 1.62. The third-order valence-electron chi connectivity index (χ3n) is 4.47. The van der Waals surface area contributed by atoms with Crippen LogP contribution in [0.4, 0.5) is 4.39 Å². The summed E-state index contributed by atoms with van der Waals surface area (Å²) in [5.74, 6) is 2.55. The molecule has 0 atom stereocenters. The molecule has 1 aliphatic heterocycles. The van der Waals surface area contributed by atoms with E-state index in [1.54, 1.807) is 19.2 Å². The van der Waals surface area contributed by atoms with Gasteiger partial charge in [0.2, 0.25) is 0 Å². The van der Waals surface area contributed by atoms with E-state index >= 15 is 0 Å². The van der Waals surface area contributed by atoms with Crippen LogP contribution in [0.2, 0.25) is 0 Å². The predicted octanol–water partition coefficient (Wildman–Crippen LogP) is 2.35. The first-order valence-electron chi connectivity index (χ1n) is 8.74. The Hall–Kier alpha value is -2.44. The molecule has 1 aromatic carbocycles. The number of rotatable bonds is 4. The number of nitrogens with one attached hydrogen (secondary N) is 1. The summed E-state index contributed by atoms with van der Waals surface area (Å²) in [5, 5.41) is 12.0. The van der Waals surface area contributed by atoms with Gasteiger partial charge in [0.1, 0.15) is 11.6 Å². The van der Waals surface area contributed by atoms with Crippen LogP contribution in [0.25, 0.3) is 0 Å². The van der Waals surface area contributed by atoms with Gasteiger partial charge in [-0.25, -0.2) is 4.39 Å². The highest BCUT2D eigenvalue weighted by atomic mass is 19.1. The fourth-order valence-electron chi connectivity index (χ4n) is 3.20. The molecule has 0 fully saturated rings. The zero-order chi connectivity index (χ0) is 17.6. The standard InChI is InChI=1S/C18H25FN6/c1-20-18(24(2)13-14-7-6-8-15(19)11-14)21-12-17-23-22-16-9-4-3-5-10-25(16)17/h6-8,11H,3-5,9-10,12-13H2,1-2H3,(H,20,21). The van der Waals surface area contributed by atoms with Crippen molar-refractivity contribution in [1.82, 2.24) is 25.0 Å². The number of aliphatic imine (C=N–C) groups is 1. The molecule has 6 nitrogen and oxygen atoms in total. The van der Waals surface area contributed by atoms with Crippen molar-refractivity contribution >= 4 is 5.96 Å². The van der Waals surface area contributed by atoms with Gasteiger partial charge in [0.25, 0.3) is 0 Å². The van der Waals surface area contributed by atoms with Crippen molar-refractivity contribution < 1.29 is 4.39 Å². The molecule has 0 amide bonds. The minimum absolute atomic E-state index is 0.222. The first-order valence-corrected chi connectivity index (χ1v) is 8.74. The molecule has 2 heterocycles. The van der Waals surface area contributed by atoms with Crippen molar-refractivity contribution in [3.63, 3.8) is 0 Å². The summed E-state index contributed by atoms with van der Waals surface area (Å²) in [7, 11) is 3.68. The highest BCUT2D eigenvalue weighted by Gasteiger charge is 2.15. The molecule has 0 saturated carbocycles. The number of halogens is 1. The van der Waals surface area contributed by atoms with E-state index in [0.29, 0.717) is 13.1 Å². The van der Waals surface area contributed by atoms with Crippen molar-refractivity contribution in [3.8, 4) is 0 Å². The maximum Gasteiger partial charge on any atom is 0.194 e. The van der Waals surface area contributed by atoms with Crippen LogP contribution in [0.15, 0.2) is 29.3 Å². The molecule has 25 heavy (non-hydrogen) atoms. The molecule has 0 spiro atoms. The Morgan fingerprint density at radius 2 is 2.20 bits per heavy atom. The van der Waals surface area contributed by atoms with E-state index in [9.17, 15) is 4.39 Å². The summed E-state index contributed by atoms with van der Waals surface area (Å²) < 4.78 is 15.6. The van der Waals surface area contributed by atoms with Crippen LogP contribution in [0.3, 0.4) is 0 Å². The van der Waals surface area contributed by atoms with Crippen LogP contribution < -0.4 is 5.32 Å². The van der Waals surface area contributed by atoms with Gasteiger partial charge >= 0.3 is 0 Å². The van der Waals surface area contributed by atoms with Crippen LogP contribution in [0.1, 0.15) is 36.5 Å². The molecule has 0 saturated heterocycles. The second kappa shape index (κ2) is 8.09. The predicted molar refractivity (Wildman–Crippen MR) is 95.6 cm³/mol. The third-order valence-corrected chi connectivity index (χ3v) is 4.47. The third kappa shape index (κ3) is 4.35. The van der Waals surface area contributed by atoms with Gasteiger partial charge in [-0.05, 0) is 30.5 Å². The zero-order valence-electron chi connectivity index (χ0n) is 14.9. The fourth-order valence-corrected chi connectivity index (χ4v) is 3.20. The number of aryl methyl sites for hydroxylation is 1. The van der Waals surface area contributed by atoms with Gasteiger partial charge in [-0.3, -0.25) is 4.99 Å². The van der Waals surface area contributed by atoms with Crippen molar-refractivity contribution in [2.45, 2.75) is 45.3 Å². The molecule has 7 heteroatoms. The Morgan fingerprint density at radius 1 is 1.32 bits per heavy atom. The number of aromatic nitrogens is 3. The molecule has 1 N–H and O–H groups in total. The molecule has 1 aliphatic rings. The van der Waals surface area contributed by atoms with Crippen molar-refractivity contribution in [2.75, 3.05) is 14.1 Å². The van der Waals surface area contributed by atoms with Crippen LogP contribution >= 0.6 is 0 Å². The number of benzene rings is 1. The largest absolute Gasteiger partial charge is 0.349 e. The summed E-state index contributed by atoms with van der Waals surface area (Å²) in [4.78, 5) is 6.28. The monoisotopic (exact) mass is 344 g/mol. The van der Waals surface area contributed by atoms with Crippen molar-refractivity contribution in [3.05, 3.63) is 47.3 Å². The molecule has 0 unspecified atom stereocenters. The number of hydrogen-bond acceptors (Lipinski definition) is 3. The van der Waals surface area contributed by atoms with Crippen molar-refractivity contribution in [1.29, 1.82) is 0 Å². The van der Waals surface area contributed by atoms with Gasteiger partial charge in [-0.15, -0.1) is 10.2 Å². The topological polar surface area (TPSA) is 58.3 Å². The molecule has 1 aromatic heterocycles. The van der Waals surface area contributed by atoms with E-state index < -0.39 is 0 Å². The molecule has 0 aliphatic carbocycles. The highest BCUT2D eigenvalue weighted by Crippen LogP contribution is 2.14. The van der Waals surface area contributed by atoms with Gasteiger partial charge in [0.15, 0.2) is 11.8 Å². The maximum absolute atomic E-state index is 13.3. The SMILES string of the molecule is CN=C(NCc1nnc2n1CCCCC2)N(C)Cc1cccc(F)c1. The van der Waals surface area contributed by atoms with Crippen LogP contribution in [-0.4, -0.2) is 39.7 Å². The molecule has 2 aromatic rings. The van der Waals surface area contributed by atoms with Gasteiger partial charge in [-0.2, -0.15) is 0 Å². The summed E-state index contributed by atoms with van der Waals surface area (Å²) in [6.07, 6.45) is 4.60. The van der Waals surface area contributed by atoms with Gasteiger partial charge in [-0.1, -0.05) is 18.6 Å². The average molecular weight is 344 g/mol. The van der Waals surface area contributed by atoms with E-state index in [1.165, 1.54) is 25.3 Å². The minimum atomic E-state index is -0.222. The second-order valence-electron chi connectivity index (χ2n) is 6.38. The number of nitrogens with zero attached hydrogens (tertiary/aromatic N) is 5. The van der Waals surface area contributed by atoms with Gasteiger partial charge in [0.05, 0.1) is 6.54 Å². The zero-order valence-corrected chi connectivity index (χ0v) is 14.9. The van der Waals surface area contributed by atoms with Crippen LogP contribution in [0.5, 0.6) is 0 Å². The van der Waals surface area contributed by atoms with Gasteiger partial charge in [0, 0.05) is 33.6 Å². The highest BCUT2D eigenvalue weighted by molar-refractivity contribution is 5.79. The van der Waals surface area contributed by atoms with E-state index in [0.717, 1.165) is 36.1 Å². The quantitative estimate of drug-likeness (QED) is 0.683. The Labute approximate surface area is 147 Å². The molecule has 134 valence electrons. The summed E-state index contributed by atoms with van der Waals surface area (Å²) in [6.45, 7) is 2.14. The first-order chi connectivity index (χ1) is 12.2. The second-order valence-corrected chi connectivity index (χ2v) is 6.38. The maximum atomic E-state index is 13.3. The number of fused-ring (bicyclic) bond motifs is 1. The van der Waals surface area contributed by atoms with E-state index in [1.807, 2.05) is 18.0 Å². The van der Waals surface area contributed by atoms with Gasteiger partial charge < -0.3 is 14.8 Å².